The lowest BCUT2D eigenvalue weighted by molar-refractivity contribution is 0.209. The van der Waals surface area contributed by atoms with Crippen molar-refractivity contribution in [3.05, 3.63) is 48.0 Å². The van der Waals surface area contributed by atoms with Crippen LogP contribution in [-0.4, -0.2) is 29.2 Å². The van der Waals surface area contributed by atoms with Crippen molar-refractivity contribution in [3.63, 3.8) is 0 Å². The molecule has 0 amide bonds. The van der Waals surface area contributed by atoms with E-state index >= 15 is 0 Å². The Bertz CT molecular complexity index is 414. The highest BCUT2D eigenvalue weighted by Crippen LogP contribution is 2.37. The minimum atomic E-state index is 0.316. The van der Waals surface area contributed by atoms with Crippen molar-refractivity contribution >= 4 is 0 Å². The molecule has 1 aliphatic carbocycles. The van der Waals surface area contributed by atoms with Crippen LogP contribution >= 0.6 is 0 Å². The minimum absolute atomic E-state index is 0.316. The molecule has 1 aromatic rings. The summed E-state index contributed by atoms with van der Waals surface area (Å²) in [6, 6.07) is 11.3. The van der Waals surface area contributed by atoms with Gasteiger partial charge in [-0.2, -0.15) is 0 Å². The fourth-order valence-corrected chi connectivity index (χ4v) is 3.48. The van der Waals surface area contributed by atoms with Crippen LogP contribution in [0.5, 0.6) is 0 Å². The second kappa shape index (κ2) is 5.25. The average molecular weight is 243 g/mol. The zero-order valence-corrected chi connectivity index (χ0v) is 10.7. The molecule has 3 rings (SSSR count). The van der Waals surface area contributed by atoms with Gasteiger partial charge in [-0.3, -0.25) is 4.90 Å². The smallest absolute Gasteiger partial charge is 0.0477 e. The third-order valence-electron chi connectivity index (χ3n) is 4.38. The molecule has 96 valence electrons. The van der Waals surface area contributed by atoms with Gasteiger partial charge >= 0.3 is 0 Å². The lowest BCUT2D eigenvalue weighted by atomic mass is 9.85. The number of hydrogen-bond donors (Lipinski definition) is 1. The summed E-state index contributed by atoms with van der Waals surface area (Å²) in [5, 5.41) is 9.53. The molecule has 1 heterocycles. The van der Waals surface area contributed by atoms with Gasteiger partial charge in [-0.15, -0.1) is 0 Å². The Morgan fingerprint density at radius 3 is 2.83 bits per heavy atom. The molecule has 3 atom stereocenters. The first-order valence-corrected chi connectivity index (χ1v) is 6.94. The van der Waals surface area contributed by atoms with E-state index in [2.05, 4.69) is 47.4 Å². The summed E-state index contributed by atoms with van der Waals surface area (Å²) in [6.45, 7) is 2.37. The van der Waals surface area contributed by atoms with Gasteiger partial charge in [-0.05, 0) is 24.3 Å². The lowest BCUT2D eigenvalue weighted by Gasteiger charge is -2.29. The van der Waals surface area contributed by atoms with E-state index in [9.17, 15) is 5.11 Å². The van der Waals surface area contributed by atoms with E-state index in [1.165, 1.54) is 18.4 Å². The van der Waals surface area contributed by atoms with Crippen molar-refractivity contribution in [2.45, 2.75) is 25.4 Å². The van der Waals surface area contributed by atoms with E-state index in [-0.39, 0.29) is 0 Å². The molecule has 0 aromatic heterocycles. The maximum absolute atomic E-state index is 9.53. The van der Waals surface area contributed by atoms with E-state index in [0.29, 0.717) is 24.5 Å². The number of aliphatic hydroxyl groups is 1. The standard InChI is InChI=1S/C16H21NO/c18-12-14-11-17(10-13-6-2-1-3-7-13)16-9-5-4-8-15(14)16/h1-4,6-8,14-16,18H,5,9-12H2/t14-,15+,16+/m0/s1. The number of likely N-dealkylation sites (tertiary alicyclic amines) is 1. The molecular weight excluding hydrogens is 222 g/mol. The van der Waals surface area contributed by atoms with Crippen molar-refractivity contribution < 1.29 is 5.11 Å². The largest absolute Gasteiger partial charge is 0.396 e. The van der Waals surface area contributed by atoms with Crippen LogP contribution in [0.2, 0.25) is 0 Å². The zero-order valence-electron chi connectivity index (χ0n) is 10.7. The average Bonchev–Trinajstić information content (AvgIpc) is 2.78. The van der Waals surface area contributed by atoms with Crippen LogP contribution < -0.4 is 0 Å². The maximum Gasteiger partial charge on any atom is 0.0477 e. The molecular formula is C16H21NO. The highest BCUT2D eigenvalue weighted by molar-refractivity contribution is 5.16. The van der Waals surface area contributed by atoms with E-state index in [1.54, 1.807) is 0 Å². The maximum atomic E-state index is 9.53. The molecule has 0 spiro atoms. The van der Waals surface area contributed by atoms with Gasteiger partial charge in [0.1, 0.15) is 0 Å². The summed E-state index contributed by atoms with van der Waals surface area (Å²) in [7, 11) is 0. The first-order chi connectivity index (χ1) is 8.88. The Morgan fingerprint density at radius 2 is 2.06 bits per heavy atom. The fourth-order valence-electron chi connectivity index (χ4n) is 3.48. The Labute approximate surface area is 109 Å². The van der Waals surface area contributed by atoms with Crippen LogP contribution in [0.15, 0.2) is 42.5 Å². The van der Waals surface area contributed by atoms with Crippen molar-refractivity contribution in [3.8, 4) is 0 Å². The molecule has 1 aromatic carbocycles. The molecule has 18 heavy (non-hydrogen) atoms. The summed E-state index contributed by atoms with van der Waals surface area (Å²) in [4.78, 5) is 2.56. The number of nitrogens with zero attached hydrogens (tertiary/aromatic N) is 1. The van der Waals surface area contributed by atoms with E-state index < -0.39 is 0 Å². The van der Waals surface area contributed by atoms with E-state index in [1.807, 2.05) is 0 Å². The van der Waals surface area contributed by atoms with Gasteiger partial charge in [0.05, 0.1) is 0 Å². The molecule has 0 radical (unpaired) electrons. The number of aliphatic hydroxyl groups excluding tert-OH is 1. The fraction of sp³-hybridized carbons (Fsp3) is 0.500. The lowest BCUT2D eigenvalue weighted by Crippen LogP contribution is -2.33. The molecule has 1 saturated heterocycles. The third-order valence-corrected chi connectivity index (χ3v) is 4.38. The Kier molecular flexibility index (Phi) is 3.48. The van der Waals surface area contributed by atoms with Crippen LogP contribution in [-0.2, 0) is 6.54 Å². The molecule has 2 nitrogen and oxygen atoms in total. The number of hydrogen-bond acceptors (Lipinski definition) is 2. The third kappa shape index (κ3) is 2.23. The Balaban J connectivity index is 1.75. The van der Waals surface area contributed by atoms with Gasteiger partial charge in [0.2, 0.25) is 0 Å². The summed E-state index contributed by atoms with van der Waals surface area (Å²) in [6.07, 6.45) is 7.05. The van der Waals surface area contributed by atoms with Crippen molar-refractivity contribution in [1.82, 2.24) is 4.90 Å². The molecule has 0 saturated carbocycles. The number of allylic oxidation sites excluding steroid dienone is 1. The predicted molar refractivity (Wildman–Crippen MR) is 73.1 cm³/mol. The monoisotopic (exact) mass is 243 g/mol. The number of benzene rings is 1. The highest BCUT2D eigenvalue weighted by atomic mass is 16.3. The molecule has 1 N–H and O–H groups in total. The van der Waals surface area contributed by atoms with Crippen molar-refractivity contribution in [2.24, 2.45) is 11.8 Å². The first kappa shape index (κ1) is 11.9. The van der Waals surface area contributed by atoms with Gasteiger partial charge in [-0.25, -0.2) is 0 Å². The molecule has 0 bridgehead atoms. The normalized spacial score (nSPS) is 31.5. The molecule has 0 unspecified atom stereocenters. The first-order valence-electron chi connectivity index (χ1n) is 6.94. The summed E-state index contributed by atoms with van der Waals surface area (Å²) >= 11 is 0. The number of rotatable bonds is 3. The van der Waals surface area contributed by atoms with Gasteiger partial charge in [-0.1, -0.05) is 42.5 Å². The second-order valence-corrected chi connectivity index (χ2v) is 5.51. The topological polar surface area (TPSA) is 23.5 Å². The summed E-state index contributed by atoms with van der Waals surface area (Å²) in [5.41, 5.74) is 1.38. The SMILES string of the molecule is OC[C@@H]1CN(Cc2ccccc2)[C@@H]2CCC=C[C@H]12. The van der Waals surface area contributed by atoms with Crippen LogP contribution in [0.3, 0.4) is 0 Å². The highest BCUT2D eigenvalue weighted by Gasteiger charge is 2.40. The quantitative estimate of drug-likeness (QED) is 0.824. The van der Waals surface area contributed by atoms with Crippen LogP contribution in [0.1, 0.15) is 18.4 Å². The predicted octanol–water partition coefficient (Wildman–Crippen LogP) is 2.45. The van der Waals surface area contributed by atoms with Gasteiger partial charge in [0, 0.05) is 31.7 Å². The molecule has 1 fully saturated rings. The van der Waals surface area contributed by atoms with E-state index in [0.717, 1.165) is 13.1 Å². The van der Waals surface area contributed by atoms with Gasteiger partial charge in [0.25, 0.3) is 0 Å². The Hall–Kier alpha value is -1.12. The van der Waals surface area contributed by atoms with Crippen LogP contribution in [0, 0.1) is 11.8 Å². The van der Waals surface area contributed by atoms with Crippen molar-refractivity contribution in [1.29, 1.82) is 0 Å². The molecule has 2 aliphatic rings. The van der Waals surface area contributed by atoms with Gasteiger partial charge < -0.3 is 5.11 Å². The summed E-state index contributed by atoms with van der Waals surface area (Å²) < 4.78 is 0. The second-order valence-electron chi connectivity index (χ2n) is 5.51. The minimum Gasteiger partial charge on any atom is -0.396 e. The molecule has 2 heteroatoms. The Morgan fingerprint density at radius 1 is 1.22 bits per heavy atom. The zero-order chi connectivity index (χ0) is 12.4. The van der Waals surface area contributed by atoms with Gasteiger partial charge in [0.15, 0.2) is 0 Å². The van der Waals surface area contributed by atoms with Crippen molar-refractivity contribution in [2.75, 3.05) is 13.2 Å². The van der Waals surface area contributed by atoms with E-state index in [4.69, 9.17) is 0 Å². The van der Waals surface area contributed by atoms with Crippen LogP contribution in [0.25, 0.3) is 0 Å². The molecule has 1 aliphatic heterocycles. The summed E-state index contributed by atoms with van der Waals surface area (Å²) in [5.74, 6) is 0.989. The number of fused-ring (bicyclic) bond motifs is 1. The van der Waals surface area contributed by atoms with Crippen LogP contribution in [0.4, 0.5) is 0 Å².